The molecule has 2 N–H and O–H groups in total. The summed E-state index contributed by atoms with van der Waals surface area (Å²) >= 11 is 0. The van der Waals surface area contributed by atoms with Crippen molar-refractivity contribution >= 4 is 40.0 Å². The topological polar surface area (TPSA) is 86.7 Å². The molecule has 9 heteroatoms. The molecule has 24 heavy (non-hydrogen) atoms. The van der Waals surface area contributed by atoms with Gasteiger partial charge in [0.2, 0.25) is 10.0 Å². The van der Waals surface area contributed by atoms with E-state index in [1.807, 2.05) is 25.1 Å². The van der Waals surface area contributed by atoms with Crippen LogP contribution in [0.3, 0.4) is 0 Å². The van der Waals surface area contributed by atoms with Crippen LogP contribution in [0.4, 0.5) is 0 Å². The van der Waals surface area contributed by atoms with Crippen molar-refractivity contribution in [1.29, 1.82) is 0 Å². The van der Waals surface area contributed by atoms with Crippen LogP contribution in [0.15, 0.2) is 29.4 Å². The lowest BCUT2D eigenvalue weighted by molar-refractivity contribution is 0.424. The van der Waals surface area contributed by atoms with Crippen LogP contribution in [0, 0.1) is 0 Å². The van der Waals surface area contributed by atoms with Crippen molar-refractivity contribution in [1.82, 2.24) is 19.9 Å². The van der Waals surface area contributed by atoms with Crippen LogP contribution in [0.1, 0.15) is 19.0 Å². The van der Waals surface area contributed by atoms with E-state index in [0.29, 0.717) is 25.6 Å². The number of rotatable bonds is 9. The molecule has 0 atom stereocenters. The summed E-state index contributed by atoms with van der Waals surface area (Å²) in [5, 5.41) is 6.40. The van der Waals surface area contributed by atoms with E-state index in [-0.39, 0.29) is 24.0 Å². The van der Waals surface area contributed by atoms with E-state index in [2.05, 4.69) is 20.6 Å². The Kier molecular flexibility index (Phi) is 11.9. The van der Waals surface area contributed by atoms with Gasteiger partial charge in [0, 0.05) is 51.5 Å². The lowest BCUT2D eigenvalue weighted by atomic mass is 10.3. The van der Waals surface area contributed by atoms with E-state index in [9.17, 15) is 8.42 Å². The minimum Gasteiger partial charge on any atom is -0.356 e. The van der Waals surface area contributed by atoms with Gasteiger partial charge in [-0.3, -0.25) is 9.98 Å². The predicted octanol–water partition coefficient (Wildman–Crippen LogP) is 1.08. The lowest BCUT2D eigenvalue weighted by Crippen LogP contribution is -2.40. The molecule has 1 aromatic rings. The molecule has 0 unspecified atom stereocenters. The third-order valence-electron chi connectivity index (χ3n) is 3.32. The Morgan fingerprint density at radius 3 is 2.54 bits per heavy atom. The van der Waals surface area contributed by atoms with E-state index in [4.69, 9.17) is 0 Å². The van der Waals surface area contributed by atoms with Gasteiger partial charge in [0.05, 0.1) is 6.26 Å². The van der Waals surface area contributed by atoms with E-state index in [0.717, 1.165) is 25.1 Å². The van der Waals surface area contributed by atoms with E-state index >= 15 is 0 Å². The van der Waals surface area contributed by atoms with Crippen molar-refractivity contribution in [3.8, 4) is 0 Å². The minimum absolute atomic E-state index is 0. The Morgan fingerprint density at radius 2 is 2.00 bits per heavy atom. The third-order valence-corrected chi connectivity index (χ3v) is 4.70. The normalized spacial score (nSPS) is 11.9. The summed E-state index contributed by atoms with van der Waals surface area (Å²) in [5.41, 5.74) is 1.03. The molecule has 0 amide bonds. The average Bonchev–Trinajstić information content (AvgIpc) is 2.52. The number of aromatic nitrogens is 1. The molecule has 0 aliphatic rings. The van der Waals surface area contributed by atoms with Crippen molar-refractivity contribution in [2.24, 2.45) is 4.99 Å². The fourth-order valence-corrected chi connectivity index (χ4v) is 3.03. The Labute approximate surface area is 162 Å². The Balaban J connectivity index is 0.00000529. The van der Waals surface area contributed by atoms with Crippen LogP contribution in [-0.2, 0) is 16.4 Å². The highest BCUT2D eigenvalue weighted by Crippen LogP contribution is 1.98. The van der Waals surface area contributed by atoms with Crippen molar-refractivity contribution in [2.75, 3.05) is 39.5 Å². The molecular weight excluding hydrogens is 441 g/mol. The van der Waals surface area contributed by atoms with E-state index in [1.54, 1.807) is 13.2 Å². The SMILES string of the molecule is CCN(CCCNC(=NC)NCCc1ccccn1)S(C)(=O)=O.I. The monoisotopic (exact) mass is 469 g/mol. The van der Waals surface area contributed by atoms with Crippen LogP contribution < -0.4 is 10.6 Å². The van der Waals surface area contributed by atoms with Gasteiger partial charge in [-0.2, -0.15) is 0 Å². The zero-order valence-corrected chi connectivity index (χ0v) is 17.7. The maximum atomic E-state index is 11.5. The summed E-state index contributed by atoms with van der Waals surface area (Å²) in [6.45, 7) is 4.24. The summed E-state index contributed by atoms with van der Waals surface area (Å²) < 4.78 is 24.4. The molecule has 7 nitrogen and oxygen atoms in total. The maximum Gasteiger partial charge on any atom is 0.211 e. The second-order valence-corrected chi connectivity index (χ2v) is 7.09. The van der Waals surface area contributed by atoms with Crippen LogP contribution in [0.25, 0.3) is 0 Å². The number of nitrogens with one attached hydrogen (secondary N) is 2. The number of hydrogen-bond acceptors (Lipinski definition) is 4. The van der Waals surface area contributed by atoms with E-state index in [1.165, 1.54) is 10.6 Å². The van der Waals surface area contributed by atoms with Crippen molar-refractivity contribution in [3.05, 3.63) is 30.1 Å². The first-order valence-electron chi connectivity index (χ1n) is 7.77. The van der Waals surface area contributed by atoms with Gasteiger partial charge in [0.15, 0.2) is 5.96 Å². The highest BCUT2D eigenvalue weighted by atomic mass is 127. The van der Waals surface area contributed by atoms with Crippen LogP contribution in [0.5, 0.6) is 0 Å². The largest absolute Gasteiger partial charge is 0.356 e. The molecule has 0 saturated heterocycles. The second-order valence-electron chi connectivity index (χ2n) is 5.11. The zero-order chi connectivity index (χ0) is 17.1. The summed E-state index contributed by atoms with van der Waals surface area (Å²) in [4.78, 5) is 8.41. The van der Waals surface area contributed by atoms with Gasteiger partial charge < -0.3 is 10.6 Å². The first-order valence-corrected chi connectivity index (χ1v) is 9.61. The van der Waals surface area contributed by atoms with Crippen molar-refractivity contribution < 1.29 is 8.42 Å². The molecule has 0 radical (unpaired) electrons. The molecule has 0 bridgehead atoms. The summed E-state index contributed by atoms with van der Waals surface area (Å²) in [6, 6.07) is 5.85. The van der Waals surface area contributed by atoms with Gasteiger partial charge in [-0.25, -0.2) is 12.7 Å². The molecule has 138 valence electrons. The van der Waals surface area contributed by atoms with Gasteiger partial charge in [-0.1, -0.05) is 13.0 Å². The second kappa shape index (κ2) is 12.4. The molecule has 0 aliphatic heterocycles. The van der Waals surface area contributed by atoms with Crippen LogP contribution in [-0.4, -0.2) is 63.1 Å². The number of nitrogens with zero attached hydrogens (tertiary/aromatic N) is 3. The van der Waals surface area contributed by atoms with Gasteiger partial charge in [-0.05, 0) is 18.6 Å². The number of hydrogen-bond donors (Lipinski definition) is 2. The molecule has 1 heterocycles. The van der Waals surface area contributed by atoms with Crippen LogP contribution >= 0.6 is 24.0 Å². The number of pyridine rings is 1. The molecular formula is C15H28IN5O2S. The van der Waals surface area contributed by atoms with Crippen molar-refractivity contribution in [2.45, 2.75) is 19.8 Å². The third kappa shape index (κ3) is 9.38. The Morgan fingerprint density at radius 1 is 1.29 bits per heavy atom. The predicted molar refractivity (Wildman–Crippen MR) is 109 cm³/mol. The molecule has 1 rings (SSSR count). The summed E-state index contributed by atoms with van der Waals surface area (Å²) in [5.74, 6) is 0.711. The highest BCUT2D eigenvalue weighted by molar-refractivity contribution is 14.0. The molecule has 0 aromatic carbocycles. The standard InChI is InChI=1S/C15H27N5O2S.HI/c1-4-20(23(3,21)22)13-7-11-18-15(16-2)19-12-9-14-8-5-6-10-17-14;/h5-6,8,10H,4,7,9,11-13H2,1-3H3,(H2,16,18,19);1H. The highest BCUT2D eigenvalue weighted by Gasteiger charge is 2.13. The maximum absolute atomic E-state index is 11.5. The van der Waals surface area contributed by atoms with Gasteiger partial charge in [0.25, 0.3) is 0 Å². The Bertz CT molecular complexity index is 581. The smallest absolute Gasteiger partial charge is 0.211 e. The molecule has 0 spiro atoms. The number of halogens is 1. The first-order chi connectivity index (χ1) is 11.0. The van der Waals surface area contributed by atoms with Crippen LogP contribution in [0.2, 0.25) is 0 Å². The lowest BCUT2D eigenvalue weighted by Gasteiger charge is -2.18. The van der Waals surface area contributed by atoms with Gasteiger partial charge >= 0.3 is 0 Å². The molecule has 0 fully saturated rings. The minimum atomic E-state index is -3.11. The number of sulfonamides is 1. The average molecular weight is 469 g/mol. The van der Waals surface area contributed by atoms with E-state index < -0.39 is 10.0 Å². The number of guanidine groups is 1. The first kappa shape index (κ1) is 23.1. The summed E-state index contributed by atoms with van der Waals surface area (Å²) in [7, 11) is -1.40. The fraction of sp³-hybridized carbons (Fsp3) is 0.600. The molecule has 0 saturated carbocycles. The Hall–Kier alpha value is -0.940. The van der Waals surface area contributed by atoms with Gasteiger partial charge in [-0.15, -0.1) is 24.0 Å². The number of aliphatic imine (C=N–C) groups is 1. The molecule has 0 aliphatic carbocycles. The quantitative estimate of drug-likeness (QED) is 0.245. The fourth-order valence-electron chi connectivity index (χ4n) is 2.10. The summed E-state index contributed by atoms with van der Waals surface area (Å²) in [6.07, 6.45) is 4.56. The van der Waals surface area contributed by atoms with Crippen molar-refractivity contribution in [3.63, 3.8) is 0 Å². The zero-order valence-electron chi connectivity index (χ0n) is 14.5. The van der Waals surface area contributed by atoms with Gasteiger partial charge in [0.1, 0.15) is 0 Å². The molecule has 1 aromatic heterocycles.